The third-order valence-electron chi connectivity index (χ3n) is 3.94. The van der Waals surface area contributed by atoms with Crippen LogP contribution in [0, 0.1) is 6.92 Å². The summed E-state index contributed by atoms with van der Waals surface area (Å²) in [5.41, 5.74) is 2.47. The number of hydrogen-bond acceptors (Lipinski definition) is 4. The van der Waals surface area contributed by atoms with Crippen LogP contribution in [0.4, 0.5) is 5.82 Å². The van der Waals surface area contributed by atoms with Gasteiger partial charge in [-0.2, -0.15) is 5.10 Å². The lowest BCUT2D eigenvalue weighted by Gasteiger charge is -2.33. The Morgan fingerprint density at radius 3 is 2.63 bits per heavy atom. The maximum atomic E-state index is 5.44. The molecule has 2 heterocycles. The molecule has 19 heavy (non-hydrogen) atoms. The first-order valence-corrected chi connectivity index (χ1v) is 7.18. The molecule has 108 valence electrons. The number of anilines is 1. The quantitative estimate of drug-likeness (QED) is 0.876. The summed E-state index contributed by atoms with van der Waals surface area (Å²) in [5, 5.41) is 8.00. The molecule has 1 aliphatic heterocycles. The SMILES string of the molecule is CCNCc1c(C)nn(C)c1N1CCC(OC)CC1. The molecule has 0 unspecified atom stereocenters. The normalized spacial score (nSPS) is 17.2. The van der Waals surface area contributed by atoms with E-state index in [4.69, 9.17) is 4.74 Å². The number of nitrogens with one attached hydrogen (secondary N) is 1. The monoisotopic (exact) mass is 266 g/mol. The van der Waals surface area contributed by atoms with Gasteiger partial charge in [-0.15, -0.1) is 0 Å². The smallest absolute Gasteiger partial charge is 0.131 e. The van der Waals surface area contributed by atoms with Gasteiger partial charge in [0.2, 0.25) is 0 Å². The van der Waals surface area contributed by atoms with Crippen molar-refractivity contribution in [1.29, 1.82) is 0 Å². The minimum atomic E-state index is 0.419. The largest absolute Gasteiger partial charge is 0.381 e. The second-order valence-electron chi connectivity index (χ2n) is 5.21. The van der Waals surface area contributed by atoms with Crippen LogP contribution < -0.4 is 10.2 Å². The number of piperidine rings is 1. The lowest BCUT2D eigenvalue weighted by molar-refractivity contribution is 0.0816. The van der Waals surface area contributed by atoms with E-state index in [2.05, 4.69) is 29.2 Å². The van der Waals surface area contributed by atoms with E-state index < -0.39 is 0 Å². The van der Waals surface area contributed by atoms with Crippen LogP contribution in [0.2, 0.25) is 0 Å². The van der Waals surface area contributed by atoms with Crippen LogP contribution in [-0.2, 0) is 18.3 Å². The van der Waals surface area contributed by atoms with Gasteiger partial charge in [-0.25, -0.2) is 0 Å². The molecule has 1 saturated heterocycles. The minimum absolute atomic E-state index is 0.419. The van der Waals surface area contributed by atoms with Crippen LogP contribution in [0.25, 0.3) is 0 Å². The van der Waals surface area contributed by atoms with Gasteiger partial charge in [0.1, 0.15) is 5.82 Å². The Labute approximate surface area is 115 Å². The molecule has 0 aliphatic carbocycles. The number of aromatic nitrogens is 2. The summed E-state index contributed by atoms with van der Waals surface area (Å²) in [6, 6.07) is 0. The van der Waals surface area contributed by atoms with E-state index in [1.54, 1.807) is 0 Å². The summed E-state index contributed by atoms with van der Waals surface area (Å²) in [6.07, 6.45) is 2.62. The molecule has 0 spiro atoms. The molecule has 0 atom stereocenters. The van der Waals surface area contributed by atoms with Crippen molar-refractivity contribution in [2.24, 2.45) is 7.05 Å². The molecule has 0 bridgehead atoms. The second-order valence-corrected chi connectivity index (χ2v) is 5.21. The molecule has 5 heteroatoms. The highest BCUT2D eigenvalue weighted by atomic mass is 16.5. The third kappa shape index (κ3) is 3.09. The van der Waals surface area contributed by atoms with Gasteiger partial charge in [-0.3, -0.25) is 4.68 Å². The van der Waals surface area contributed by atoms with Crippen molar-refractivity contribution in [3.05, 3.63) is 11.3 Å². The van der Waals surface area contributed by atoms with E-state index in [-0.39, 0.29) is 0 Å². The summed E-state index contributed by atoms with van der Waals surface area (Å²) in [6.45, 7) is 8.22. The molecule has 1 N–H and O–H groups in total. The number of ether oxygens (including phenoxy) is 1. The van der Waals surface area contributed by atoms with E-state index in [1.807, 2.05) is 18.8 Å². The van der Waals surface area contributed by atoms with E-state index >= 15 is 0 Å². The fraction of sp³-hybridized carbons (Fsp3) is 0.786. The zero-order chi connectivity index (χ0) is 13.8. The van der Waals surface area contributed by atoms with Crippen LogP contribution in [0.15, 0.2) is 0 Å². The first-order valence-electron chi connectivity index (χ1n) is 7.18. The highest BCUT2D eigenvalue weighted by molar-refractivity contribution is 5.50. The third-order valence-corrected chi connectivity index (χ3v) is 3.94. The number of aryl methyl sites for hydroxylation is 2. The Morgan fingerprint density at radius 2 is 2.05 bits per heavy atom. The van der Waals surface area contributed by atoms with Crippen molar-refractivity contribution in [3.63, 3.8) is 0 Å². The summed E-state index contributed by atoms with van der Waals surface area (Å²) < 4.78 is 7.47. The molecule has 0 amide bonds. The number of methoxy groups -OCH3 is 1. The summed E-state index contributed by atoms with van der Waals surface area (Å²) in [5.74, 6) is 1.27. The van der Waals surface area contributed by atoms with Crippen molar-refractivity contribution in [2.45, 2.75) is 39.3 Å². The first kappa shape index (κ1) is 14.3. The maximum absolute atomic E-state index is 5.44. The Morgan fingerprint density at radius 1 is 1.37 bits per heavy atom. The molecule has 0 radical (unpaired) electrons. The summed E-state index contributed by atoms with van der Waals surface area (Å²) in [7, 11) is 3.85. The van der Waals surface area contributed by atoms with E-state index in [0.29, 0.717) is 6.10 Å². The zero-order valence-electron chi connectivity index (χ0n) is 12.6. The van der Waals surface area contributed by atoms with Gasteiger partial charge < -0.3 is 15.0 Å². The predicted molar refractivity (Wildman–Crippen MR) is 77.6 cm³/mol. The zero-order valence-corrected chi connectivity index (χ0v) is 12.6. The number of hydrogen-bond donors (Lipinski definition) is 1. The molecule has 1 aromatic rings. The van der Waals surface area contributed by atoms with Crippen molar-refractivity contribution >= 4 is 5.82 Å². The molecule has 1 aliphatic rings. The van der Waals surface area contributed by atoms with Crippen LogP contribution in [-0.4, -0.2) is 42.6 Å². The van der Waals surface area contributed by atoms with Gasteiger partial charge in [-0.05, 0) is 26.3 Å². The Balaban J connectivity index is 2.14. The van der Waals surface area contributed by atoms with Gasteiger partial charge in [-0.1, -0.05) is 6.92 Å². The van der Waals surface area contributed by atoms with Gasteiger partial charge in [0.05, 0.1) is 11.8 Å². The average Bonchev–Trinajstić information content (AvgIpc) is 2.71. The molecule has 2 rings (SSSR count). The lowest BCUT2D eigenvalue weighted by Crippen LogP contribution is -2.38. The van der Waals surface area contributed by atoms with Crippen LogP contribution in [0.3, 0.4) is 0 Å². The Hall–Kier alpha value is -1.07. The van der Waals surface area contributed by atoms with Crippen LogP contribution in [0.1, 0.15) is 31.0 Å². The fourth-order valence-corrected chi connectivity index (χ4v) is 2.85. The molecule has 1 fully saturated rings. The molecule has 1 aromatic heterocycles. The highest BCUT2D eigenvalue weighted by Gasteiger charge is 2.24. The molecule has 0 saturated carbocycles. The Kier molecular flexibility index (Phi) is 4.82. The van der Waals surface area contributed by atoms with Crippen LogP contribution >= 0.6 is 0 Å². The maximum Gasteiger partial charge on any atom is 0.131 e. The molecule has 0 aromatic carbocycles. The lowest BCUT2D eigenvalue weighted by atomic mass is 10.1. The summed E-state index contributed by atoms with van der Waals surface area (Å²) in [4.78, 5) is 2.45. The average molecular weight is 266 g/mol. The Bertz CT molecular complexity index is 408. The van der Waals surface area contributed by atoms with Gasteiger partial charge >= 0.3 is 0 Å². The molecule has 5 nitrogen and oxygen atoms in total. The van der Waals surface area contributed by atoms with Crippen LogP contribution in [0.5, 0.6) is 0 Å². The summed E-state index contributed by atoms with van der Waals surface area (Å²) >= 11 is 0. The van der Waals surface area contributed by atoms with Crippen molar-refractivity contribution in [2.75, 3.05) is 31.6 Å². The molecular weight excluding hydrogens is 240 g/mol. The van der Waals surface area contributed by atoms with Gasteiger partial charge in [0.25, 0.3) is 0 Å². The standard InChI is InChI=1S/C14H26N4O/c1-5-15-10-13-11(2)16-17(3)14(13)18-8-6-12(19-4)7-9-18/h12,15H,5-10H2,1-4H3. The topological polar surface area (TPSA) is 42.3 Å². The molecular formula is C14H26N4O. The minimum Gasteiger partial charge on any atom is -0.381 e. The predicted octanol–water partition coefficient (Wildman–Crippen LogP) is 1.45. The van der Waals surface area contributed by atoms with E-state index in [1.165, 1.54) is 11.4 Å². The van der Waals surface area contributed by atoms with E-state index in [0.717, 1.165) is 44.7 Å². The van der Waals surface area contributed by atoms with E-state index in [9.17, 15) is 0 Å². The van der Waals surface area contributed by atoms with Gasteiger partial charge in [0, 0.05) is 39.4 Å². The number of rotatable bonds is 5. The van der Waals surface area contributed by atoms with Crippen molar-refractivity contribution in [1.82, 2.24) is 15.1 Å². The van der Waals surface area contributed by atoms with Gasteiger partial charge in [0.15, 0.2) is 0 Å². The number of nitrogens with zero attached hydrogens (tertiary/aromatic N) is 3. The fourth-order valence-electron chi connectivity index (χ4n) is 2.85. The second kappa shape index (κ2) is 6.39. The van der Waals surface area contributed by atoms with Crippen molar-refractivity contribution in [3.8, 4) is 0 Å². The first-order chi connectivity index (χ1) is 9.17. The van der Waals surface area contributed by atoms with Crippen molar-refractivity contribution < 1.29 is 4.74 Å². The highest BCUT2D eigenvalue weighted by Crippen LogP contribution is 2.26.